The predicted octanol–water partition coefficient (Wildman–Crippen LogP) is 2.61. The fourth-order valence-corrected chi connectivity index (χ4v) is 1.09. The van der Waals surface area contributed by atoms with Crippen LogP contribution < -0.4 is 10.6 Å². The minimum absolute atomic E-state index is 0.0731. The summed E-state index contributed by atoms with van der Waals surface area (Å²) in [4.78, 5) is 7.53. The summed E-state index contributed by atoms with van der Waals surface area (Å²) in [6.07, 6.45) is -1.67. The summed E-state index contributed by atoms with van der Waals surface area (Å²) in [7, 11) is 0. The topological polar surface area (TPSA) is 49.8 Å². The van der Waals surface area contributed by atoms with Gasteiger partial charge in [-0.1, -0.05) is 6.92 Å². The van der Waals surface area contributed by atoms with E-state index in [1.54, 1.807) is 0 Å². The van der Waals surface area contributed by atoms with E-state index in [-0.39, 0.29) is 5.82 Å². The van der Waals surface area contributed by atoms with E-state index in [2.05, 4.69) is 20.6 Å². The first-order valence-corrected chi connectivity index (χ1v) is 5.41. The van der Waals surface area contributed by atoms with E-state index in [0.29, 0.717) is 12.4 Å². The molecule has 2 N–H and O–H groups in total. The van der Waals surface area contributed by atoms with Crippen LogP contribution in [0.1, 0.15) is 13.3 Å². The largest absolute Gasteiger partial charge is 0.370 e. The highest BCUT2D eigenvalue weighted by atomic mass is 19.3. The van der Waals surface area contributed by atoms with Gasteiger partial charge in [0.25, 0.3) is 0 Å². The van der Waals surface area contributed by atoms with Crippen molar-refractivity contribution in [3.63, 3.8) is 0 Å². The molecule has 0 aliphatic rings. The molecule has 0 spiro atoms. The Morgan fingerprint density at radius 1 is 1.22 bits per heavy atom. The molecule has 0 fully saturated rings. The second kappa shape index (κ2) is 6.36. The van der Waals surface area contributed by atoms with Crippen molar-refractivity contribution in [3.8, 4) is 0 Å². The Balaban J connectivity index is 2.57. The Morgan fingerprint density at radius 3 is 2.39 bits per heavy atom. The molecule has 18 heavy (non-hydrogen) atoms. The molecule has 0 saturated heterocycles. The lowest BCUT2D eigenvalue weighted by Gasteiger charge is -2.16. The van der Waals surface area contributed by atoms with Crippen LogP contribution >= 0.6 is 0 Å². The number of halogens is 4. The van der Waals surface area contributed by atoms with Gasteiger partial charge >= 0.3 is 12.3 Å². The van der Waals surface area contributed by atoms with E-state index < -0.39 is 18.9 Å². The molecule has 4 nitrogen and oxygen atoms in total. The first-order chi connectivity index (χ1) is 8.45. The number of anilines is 2. The Bertz CT molecular complexity index is 373. The predicted molar refractivity (Wildman–Crippen MR) is 60.3 cm³/mol. The summed E-state index contributed by atoms with van der Waals surface area (Å²) in [5, 5.41) is 5.09. The minimum atomic E-state index is -4.08. The van der Waals surface area contributed by atoms with Crippen molar-refractivity contribution in [1.82, 2.24) is 9.97 Å². The summed E-state index contributed by atoms with van der Waals surface area (Å²) in [5.41, 5.74) is 0. The van der Waals surface area contributed by atoms with Crippen LogP contribution in [0.25, 0.3) is 0 Å². The third kappa shape index (κ3) is 4.34. The molecule has 0 bridgehead atoms. The second-order valence-electron chi connectivity index (χ2n) is 3.63. The lowest BCUT2D eigenvalue weighted by atomic mass is 10.3. The Morgan fingerprint density at radius 2 is 1.83 bits per heavy atom. The number of nitrogens with zero attached hydrogens (tertiary/aromatic N) is 2. The molecule has 0 atom stereocenters. The molecule has 0 aliphatic carbocycles. The molecule has 1 aromatic heterocycles. The van der Waals surface area contributed by atoms with Crippen LogP contribution in [0.2, 0.25) is 0 Å². The number of hydrogen-bond acceptors (Lipinski definition) is 4. The number of hydrogen-bond donors (Lipinski definition) is 2. The van der Waals surface area contributed by atoms with E-state index >= 15 is 0 Å². The third-order valence-electron chi connectivity index (χ3n) is 2.05. The first kappa shape index (κ1) is 14.5. The lowest BCUT2D eigenvalue weighted by molar-refractivity contribution is -0.117. The van der Waals surface area contributed by atoms with Gasteiger partial charge in [-0.25, -0.2) is 18.7 Å². The van der Waals surface area contributed by atoms with Gasteiger partial charge in [0.1, 0.15) is 18.0 Å². The number of alkyl halides is 4. The quantitative estimate of drug-likeness (QED) is 0.745. The highest BCUT2D eigenvalue weighted by molar-refractivity contribution is 5.46. The van der Waals surface area contributed by atoms with Crippen LogP contribution in [0.15, 0.2) is 12.4 Å². The summed E-state index contributed by atoms with van der Waals surface area (Å²) >= 11 is 0. The normalized spacial score (nSPS) is 11.7. The zero-order valence-electron chi connectivity index (χ0n) is 9.76. The molecule has 0 saturated carbocycles. The summed E-state index contributed by atoms with van der Waals surface area (Å²) in [5.74, 6) is -3.55. The maximum atomic E-state index is 12.7. The van der Waals surface area contributed by atoms with Gasteiger partial charge in [-0.05, 0) is 6.42 Å². The first-order valence-electron chi connectivity index (χ1n) is 5.41. The van der Waals surface area contributed by atoms with Crippen molar-refractivity contribution in [2.45, 2.75) is 25.7 Å². The van der Waals surface area contributed by atoms with Crippen LogP contribution in [0, 0.1) is 0 Å². The Labute approximate surface area is 102 Å². The van der Waals surface area contributed by atoms with Gasteiger partial charge in [0.15, 0.2) is 0 Å². The van der Waals surface area contributed by atoms with Crippen molar-refractivity contribution in [3.05, 3.63) is 12.4 Å². The average molecular weight is 266 g/mol. The SMILES string of the molecule is CCCNc1cc(NCC(F)(F)C(F)F)ncn1. The standard InChI is InChI=1S/C10H14F4N4/c1-2-3-15-7-4-8(18-6-17-7)16-5-10(13,14)9(11)12/h4,6,9H,2-3,5H2,1H3,(H2,15,16,17,18). The van der Waals surface area contributed by atoms with E-state index in [1.807, 2.05) is 6.92 Å². The third-order valence-corrected chi connectivity index (χ3v) is 2.05. The molecule has 0 aromatic carbocycles. The van der Waals surface area contributed by atoms with E-state index in [1.165, 1.54) is 12.4 Å². The molecule has 1 heterocycles. The van der Waals surface area contributed by atoms with Crippen LogP contribution in [0.5, 0.6) is 0 Å². The number of nitrogens with one attached hydrogen (secondary N) is 2. The van der Waals surface area contributed by atoms with E-state index in [9.17, 15) is 17.6 Å². The van der Waals surface area contributed by atoms with Crippen molar-refractivity contribution in [2.75, 3.05) is 23.7 Å². The molecule has 0 aliphatic heterocycles. The molecular formula is C10H14F4N4. The van der Waals surface area contributed by atoms with Gasteiger partial charge in [-0.15, -0.1) is 0 Å². The van der Waals surface area contributed by atoms with Crippen LogP contribution in [0.3, 0.4) is 0 Å². The molecule has 1 aromatic rings. The zero-order chi connectivity index (χ0) is 13.6. The van der Waals surface area contributed by atoms with Crippen LogP contribution in [0.4, 0.5) is 29.2 Å². The maximum absolute atomic E-state index is 12.7. The fourth-order valence-electron chi connectivity index (χ4n) is 1.09. The summed E-state index contributed by atoms with van der Waals surface area (Å²) in [6.45, 7) is 1.45. The summed E-state index contributed by atoms with van der Waals surface area (Å²) < 4.78 is 49.2. The monoisotopic (exact) mass is 266 g/mol. The lowest BCUT2D eigenvalue weighted by Crippen LogP contribution is -2.35. The maximum Gasteiger partial charge on any atom is 0.324 e. The minimum Gasteiger partial charge on any atom is -0.370 e. The molecule has 8 heteroatoms. The summed E-state index contributed by atoms with van der Waals surface area (Å²) in [6, 6.07) is 1.39. The smallest absolute Gasteiger partial charge is 0.324 e. The molecule has 1 rings (SSSR count). The van der Waals surface area contributed by atoms with Crippen molar-refractivity contribution in [1.29, 1.82) is 0 Å². The molecule has 102 valence electrons. The fraction of sp³-hybridized carbons (Fsp3) is 0.600. The highest BCUT2D eigenvalue weighted by Crippen LogP contribution is 2.23. The van der Waals surface area contributed by atoms with Gasteiger partial charge in [-0.2, -0.15) is 8.78 Å². The van der Waals surface area contributed by atoms with Gasteiger partial charge in [0, 0.05) is 12.6 Å². The van der Waals surface area contributed by atoms with Crippen molar-refractivity contribution < 1.29 is 17.6 Å². The molecule has 0 amide bonds. The van der Waals surface area contributed by atoms with Crippen LogP contribution in [-0.2, 0) is 0 Å². The Kier molecular flexibility index (Phi) is 5.11. The van der Waals surface area contributed by atoms with E-state index in [4.69, 9.17) is 0 Å². The molecule has 0 unspecified atom stereocenters. The van der Waals surface area contributed by atoms with E-state index in [0.717, 1.165) is 6.42 Å². The van der Waals surface area contributed by atoms with Crippen molar-refractivity contribution in [2.24, 2.45) is 0 Å². The molecule has 0 radical (unpaired) electrons. The van der Waals surface area contributed by atoms with Gasteiger partial charge in [0.05, 0.1) is 6.54 Å². The van der Waals surface area contributed by atoms with Crippen LogP contribution in [-0.4, -0.2) is 35.4 Å². The number of rotatable bonds is 7. The van der Waals surface area contributed by atoms with Gasteiger partial charge in [0.2, 0.25) is 0 Å². The Hall–Kier alpha value is -1.60. The average Bonchev–Trinajstić information content (AvgIpc) is 2.34. The van der Waals surface area contributed by atoms with Crippen molar-refractivity contribution >= 4 is 11.6 Å². The van der Waals surface area contributed by atoms with Gasteiger partial charge < -0.3 is 10.6 Å². The molecular weight excluding hydrogens is 252 g/mol. The second-order valence-corrected chi connectivity index (χ2v) is 3.63. The zero-order valence-corrected chi connectivity index (χ0v) is 9.76. The number of aromatic nitrogens is 2. The highest BCUT2D eigenvalue weighted by Gasteiger charge is 2.40. The van der Waals surface area contributed by atoms with Gasteiger partial charge in [-0.3, -0.25) is 0 Å².